The lowest BCUT2D eigenvalue weighted by atomic mass is 10.0. The summed E-state index contributed by atoms with van der Waals surface area (Å²) < 4.78 is 0. The Hall–Kier alpha value is -1.61. The summed E-state index contributed by atoms with van der Waals surface area (Å²) in [6.07, 6.45) is 5.52. The van der Waals surface area contributed by atoms with E-state index in [2.05, 4.69) is 47.3 Å². The molecule has 2 heterocycles. The summed E-state index contributed by atoms with van der Waals surface area (Å²) in [4.78, 5) is 8.00. The van der Waals surface area contributed by atoms with E-state index < -0.39 is 0 Å². The van der Waals surface area contributed by atoms with Crippen LogP contribution < -0.4 is 5.32 Å². The Morgan fingerprint density at radius 1 is 1.32 bits per heavy atom. The Kier molecular flexibility index (Phi) is 3.38. The van der Waals surface area contributed by atoms with Crippen molar-refractivity contribution in [2.24, 2.45) is 0 Å². The minimum absolute atomic E-state index is 0.595. The van der Waals surface area contributed by atoms with Crippen molar-refractivity contribution in [1.29, 1.82) is 0 Å². The molecule has 1 fully saturated rings. The number of aryl methyl sites for hydroxylation is 2. The molecule has 3 nitrogen and oxygen atoms in total. The van der Waals surface area contributed by atoms with Crippen LogP contribution in [0.15, 0.2) is 24.4 Å². The highest BCUT2D eigenvalue weighted by atomic mass is 15.0. The van der Waals surface area contributed by atoms with Gasteiger partial charge in [-0.05, 0) is 44.9 Å². The van der Waals surface area contributed by atoms with E-state index in [9.17, 15) is 0 Å². The summed E-state index contributed by atoms with van der Waals surface area (Å²) in [6, 6.07) is 7.14. The fraction of sp³-hybridized carbons (Fsp3) is 0.438. The highest BCUT2D eigenvalue weighted by Crippen LogP contribution is 2.23. The van der Waals surface area contributed by atoms with Gasteiger partial charge in [0.1, 0.15) is 5.82 Å². The third kappa shape index (κ3) is 2.71. The van der Waals surface area contributed by atoms with Gasteiger partial charge in [-0.25, -0.2) is 4.98 Å². The van der Waals surface area contributed by atoms with E-state index in [-0.39, 0.29) is 0 Å². The SMILES string of the molecule is Cc1ccc(C)c(-c2cnc(CC3CCCN3)[nH]2)c1. The maximum Gasteiger partial charge on any atom is 0.108 e. The third-order valence-corrected chi connectivity index (χ3v) is 3.91. The van der Waals surface area contributed by atoms with Crippen molar-refractivity contribution in [2.75, 3.05) is 6.54 Å². The zero-order chi connectivity index (χ0) is 13.2. The molecule has 1 unspecified atom stereocenters. The minimum atomic E-state index is 0.595. The Balaban J connectivity index is 1.82. The van der Waals surface area contributed by atoms with Gasteiger partial charge in [-0.2, -0.15) is 0 Å². The number of nitrogens with one attached hydrogen (secondary N) is 2. The van der Waals surface area contributed by atoms with Crippen LogP contribution in [0.25, 0.3) is 11.3 Å². The zero-order valence-electron chi connectivity index (χ0n) is 11.7. The predicted molar refractivity (Wildman–Crippen MR) is 78.2 cm³/mol. The van der Waals surface area contributed by atoms with Crippen LogP contribution in [-0.2, 0) is 6.42 Å². The highest BCUT2D eigenvalue weighted by Gasteiger charge is 2.16. The Bertz CT molecular complexity index is 565. The first-order chi connectivity index (χ1) is 9.22. The van der Waals surface area contributed by atoms with Crippen LogP contribution in [0.5, 0.6) is 0 Å². The summed E-state index contributed by atoms with van der Waals surface area (Å²) in [5.41, 5.74) is 4.97. The van der Waals surface area contributed by atoms with Crippen LogP contribution in [0, 0.1) is 13.8 Å². The van der Waals surface area contributed by atoms with E-state index in [1.807, 2.05) is 6.20 Å². The van der Waals surface area contributed by atoms with E-state index in [0.717, 1.165) is 24.5 Å². The number of nitrogens with zero attached hydrogens (tertiary/aromatic N) is 1. The Labute approximate surface area is 114 Å². The number of aromatic amines is 1. The molecule has 3 heteroatoms. The average Bonchev–Trinajstić information content (AvgIpc) is 3.04. The van der Waals surface area contributed by atoms with Gasteiger partial charge in [0.05, 0.1) is 11.9 Å². The molecule has 2 N–H and O–H groups in total. The second kappa shape index (κ2) is 5.17. The molecule has 0 amide bonds. The van der Waals surface area contributed by atoms with Crippen molar-refractivity contribution >= 4 is 0 Å². The Morgan fingerprint density at radius 3 is 3.00 bits per heavy atom. The molecule has 1 atom stereocenters. The molecule has 3 rings (SSSR count). The number of imidazole rings is 1. The average molecular weight is 255 g/mol. The van der Waals surface area contributed by atoms with Crippen molar-refractivity contribution < 1.29 is 0 Å². The van der Waals surface area contributed by atoms with Gasteiger partial charge in [0.2, 0.25) is 0 Å². The van der Waals surface area contributed by atoms with Crippen LogP contribution in [0.3, 0.4) is 0 Å². The van der Waals surface area contributed by atoms with Gasteiger partial charge >= 0.3 is 0 Å². The van der Waals surface area contributed by atoms with Crippen LogP contribution >= 0.6 is 0 Å². The summed E-state index contributed by atoms with van der Waals surface area (Å²) in [7, 11) is 0. The first-order valence-electron chi connectivity index (χ1n) is 7.07. The van der Waals surface area contributed by atoms with Crippen LogP contribution in [0.1, 0.15) is 29.8 Å². The predicted octanol–water partition coefficient (Wildman–Crippen LogP) is 2.99. The number of H-pyrrole nitrogens is 1. The van der Waals surface area contributed by atoms with E-state index >= 15 is 0 Å². The van der Waals surface area contributed by atoms with E-state index in [1.54, 1.807) is 0 Å². The molecule has 19 heavy (non-hydrogen) atoms. The lowest BCUT2D eigenvalue weighted by Gasteiger charge is -2.07. The molecule has 100 valence electrons. The maximum absolute atomic E-state index is 4.53. The van der Waals surface area contributed by atoms with Gasteiger partial charge < -0.3 is 10.3 Å². The van der Waals surface area contributed by atoms with Gasteiger partial charge in [0.15, 0.2) is 0 Å². The van der Waals surface area contributed by atoms with Gasteiger partial charge in [-0.15, -0.1) is 0 Å². The zero-order valence-corrected chi connectivity index (χ0v) is 11.7. The van der Waals surface area contributed by atoms with Crippen LogP contribution in [0.2, 0.25) is 0 Å². The molecule has 1 aromatic carbocycles. The summed E-state index contributed by atoms with van der Waals surface area (Å²) in [6.45, 7) is 5.42. The van der Waals surface area contributed by atoms with Gasteiger partial charge in [-0.1, -0.05) is 17.7 Å². The topological polar surface area (TPSA) is 40.7 Å². The second-order valence-electron chi connectivity index (χ2n) is 5.56. The third-order valence-electron chi connectivity index (χ3n) is 3.91. The largest absolute Gasteiger partial charge is 0.342 e. The smallest absolute Gasteiger partial charge is 0.108 e. The number of benzene rings is 1. The number of hydrogen-bond donors (Lipinski definition) is 2. The van der Waals surface area contributed by atoms with Crippen molar-refractivity contribution in [3.05, 3.63) is 41.3 Å². The van der Waals surface area contributed by atoms with Crippen molar-refractivity contribution in [3.8, 4) is 11.3 Å². The van der Waals surface area contributed by atoms with Gasteiger partial charge in [0.25, 0.3) is 0 Å². The molecule has 2 aromatic rings. The van der Waals surface area contributed by atoms with E-state index in [1.165, 1.54) is 29.5 Å². The number of aromatic nitrogens is 2. The highest BCUT2D eigenvalue weighted by molar-refractivity contribution is 5.63. The molecule has 1 aliphatic heterocycles. The van der Waals surface area contributed by atoms with Gasteiger partial charge in [-0.3, -0.25) is 0 Å². The Morgan fingerprint density at radius 2 is 2.21 bits per heavy atom. The van der Waals surface area contributed by atoms with Crippen LogP contribution in [0.4, 0.5) is 0 Å². The standard InChI is InChI=1S/C16H21N3/c1-11-5-6-12(2)14(8-11)15-10-18-16(19-15)9-13-4-3-7-17-13/h5-6,8,10,13,17H,3-4,7,9H2,1-2H3,(H,18,19). The number of rotatable bonds is 3. The first kappa shape index (κ1) is 12.4. The van der Waals surface area contributed by atoms with E-state index in [4.69, 9.17) is 0 Å². The molecule has 1 saturated heterocycles. The summed E-state index contributed by atoms with van der Waals surface area (Å²) in [5, 5.41) is 3.51. The fourth-order valence-corrected chi connectivity index (χ4v) is 2.79. The van der Waals surface area contributed by atoms with Crippen molar-refractivity contribution in [1.82, 2.24) is 15.3 Å². The number of hydrogen-bond acceptors (Lipinski definition) is 2. The molecular formula is C16H21N3. The molecule has 1 aliphatic rings. The molecule has 0 bridgehead atoms. The van der Waals surface area contributed by atoms with Gasteiger partial charge in [0, 0.05) is 18.0 Å². The fourth-order valence-electron chi connectivity index (χ4n) is 2.79. The quantitative estimate of drug-likeness (QED) is 0.885. The molecular weight excluding hydrogens is 234 g/mol. The lowest BCUT2D eigenvalue weighted by Crippen LogP contribution is -2.24. The van der Waals surface area contributed by atoms with E-state index in [0.29, 0.717) is 6.04 Å². The monoisotopic (exact) mass is 255 g/mol. The molecule has 0 saturated carbocycles. The second-order valence-corrected chi connectivity index (χ2v) is 5.56. The first-order valence-corrected chi connectivity index (χ1v) is 7.07. The van der Waals surface area contributed by atoms with Crippen molar-refractivity contribution in [2.45, 2.75) is 39.2 Å². The molecule has 0 spiro atoms. The minimum Gasteiger partial charge on any atom is -0.342 e. The molecule has 1 aromatic heterocycles. The molecule has 0 aliphatic carbocycles. The normalized spacial score (nSPS) is 18.9. The maximum atomic E-state index is 4.53. The summed E-state index contributed by atoms with van der Waals surface area (Å²) >= 11 is 0. The van der Waals surface area contributed by atoms with Crippen LogP contribution in [-0.4, -0.2) is 22.6 Å². The molecule has 0 radical (unpaired) electrons. The summed E-state index contributed by atoms with van der Waals surface area (Å²) in [5.74, 6) is 1.09. The van der Waals surface area contributed by atoms with Crippen molar-refractivity contribution in [3.63, 3.8) is 0 Å². The lowest BCUT2D eigenvalue weighted by molar-refractivity contribution is 0.589.